The Labute approximate surface area is 105 Å². The van der Waals surface area contributed by atoms with E-state index in [9.17, 15) is 9.59 Å². The molecule has 0 aliphatic carbocycles. The average molecular weight is 245 g/mol. The molecule has 0 atom stereocenters. The Kier molecular flexibility index (Phi) is 2.98. The molecular formula is C13H15N3O2. The minimum Gasteiger partial charge on any atom is -0.310 e. The van der Waals surface area contributed by atoms with Crippen molar-refractivity contribution in [2.75, 3.05) is 5.32 Å². The molecule has 1 aromatic rings. The molecule has 0 saturated carbocycles. The molecule has 0 unspecified atom stereocenters. The van der Waals surface area contributed by atoms with Gasteiger partial charge in [-0.15, -0.1) is 0 Å². The number of carbonyl (C=O) groups is 2. The Hall–Kier alpha value is -2.04. The van der Waals surface area contributed by atoms with Gasteiger partial charge in [-0.3, -0.25) is 9.59 Å². The zero-order valence-electron chi connectivity index (χ0n) is 10.7. The van der Waals surface area contributed by atoms with E-state index in [1.165, 1.54) is 0 Å². The molecule has 0 aromatic carbocycles. The molecule has 5 heteroatoms. The van der Waals surface area contributed by atoms with Gasteiger partial charge in [0.1, 0.15) is 5.82 Å². The fourth-order valence-corrected chi connectivity index (χ4v) is 1.44. The zero-order valence-corrected chi connectivity index (χ0v) is 10.7. The van der Waals surface area contributed by atoms with Gasteiger partial charge in [0.25, 0.3) is 5.91 Å². The molecule has 18 heavy (non-hydrogen) atoms. The summed E-state index contributed by atoms with van der Waals surface area (Å²) in [4.78, 5) is 31.0. The Balaban J connectivity index is 2.34. The highest BCUT2D eigenvalue weighted by Gasteiger charge is 2.21. The smallest absolute Gasteiger partial charge is 0.251 e. The van der Waals surface area contributed by atoms with Gasteiger partial charge in [0.05, 0.1) is 0 Å². The molecule has 0 saturated heterocycles. The van der Waals surface area contributed by atoms with Gasteiger partial charge in [0.15, 0.2) is 5.49 Å². The van der Waals surface area contributed by atoms with Crippen LogP contribution in [0, 0.1) is 5.41 Å². The molecule has 1 N–H and O–H groups in total. The van der Waals surface area contributed by atoms with Gasteiger partial charge in [0.2, 0.25) is 5.91 Å². The van der Waals surface area contributed by atoms with Crippen molar-refractivity contribution in [1.82, 2.24) is 4.98 Å². The van der Waals surface area contributed by atoms with Crippen LogP contribution in [0.5, 0.6) is 0 Å². The molecule has 2 rings (SSSR count). The number of carbonyl (C=O) groups excluding carboxylic acids is 2. The number of anilines is 1. The maximum Gasteiger partial charge on any atom is 0.251 e. The molecule has 1 aromatic heterocycles. The lowest BCUT2D eigenvalue weighted by molar-refractivity contribution is -0.123. The highest BCUT2D eigenvalue weighted by molar-refractivity contribution is 5.93. The van der Waals surface area contributed by atoms with Gasteiger partial charge in [-0.25, -0.2) is 4.98 Å². The number of fused-ring (bicyclic) bond motifs is 1. The van der Waals surface area contributed by atoms with Crippen LogP contribution in [-0.2, 0) is 9.59 Å². The van der Waals surface area contributed by atoms with E-state index in [1.807, 2.05) is 20.8 Å². The number of aromatic nitrogens is 1. The number of amides is 2. The summed E-state index contributed by atoms with van der Waals surface area (Å²) in [5, 5.41) is 3.53. The summed E-state index contributed by atoms with van der Waals surface area (Å²) in [5.41, 5.74) is -0.116. The van der Waals surface area contributed by atoms with Crippen molar-refractivity contribution in [3.8, 4) is 0 Å². The van der Waals surface area contributed by atoms with Crippen LogP contribution in [0.15, 0.2) is 17.1 Å². The Bertz CT molecular complexity index is 627. The maximum absolute atomic E-state index is 11.8. The van der Waals surface area contributed by atoms with Crippen LogP contribution in [0.3, 0.4) is 0 Å². The van der Waals surface area contributed by atoms with Crippen LogP contribution in [0.1, 0.15) is 27.2 Å². The van der Waals surface area contributed by atoms with Crippen LogP contribution in [0.2, 0.25) is 0 Å². The van der Waals surface area contributed by atoms with Crippen LogP contribution in [0.25, 0.3) is 6.08 Å². The van der Waals surface area contributed by atoms with Crippen molar-refractivity contribution in [2.45, 2.75) is 27.2 Å². The standard InChI is InChI=1S/C13H15N3O2/c1-13(2,3)12(18)15-9-6-4-8-5-7-10(17)16-11(8)14-9/h4-6H,7H2,1-3H3,(H,14,15,16,17,18). The summed E-state index contributed by atoms with van der Waals surface area (Å²) in [7, 11) is 0. The number of pyridine rings is 1. The van der Waals surface area contributed by atoms with Gasteiger partial charge >= 0.3 is 0 Å². The number of nitrogens with one attached hydrogen (secondary N) is 1. The van der Waals surface area contributed by atoms with E-state index in [-0.39, 0.29) is 11.8 Å². The van der Waals surface area contributed by atoms with E-state index in [0.29, 0.717) is 17.7 Å². The molecule has 0 fully saturated rings. The number of hydrogen-bond acceptors (Lipinski definition) is 3. The SMILES string of the molecule is CC(C)(C)C(=O)Nc1ccc2c(n1)=NC(=O)CC=2. The molecule has 1 aliphatic heterocycles. The van der Waals surface area contributed by atoms with E-state index in [4.69, 9.17) is 0 Å². The summed E-state index contributed by atoms with van der Waals surface area (Å²) < 4.78 is 0. The summed E-state index contributed by atoms with van der Waals surface area (Å²) in [6.07, 6.45) is 2.09. The molecule has 0 radical (unpaired) electrons. The molecule has 2 amide bonds. The number of rotatable bonds is 1. The predicted octanol–water partition coefficient (Wildman–Crippen LogP) is 0.397. The summed E-state index contributed by atoms with van der Waals surface area (Å²) in [6.45, 7) is 5.47. The second kappa shape index (κ2) is 4.33. The lowest BCUT2D eigenvalue weighted by Crippen LogP contribution is -2.35. The highest BCUT2D eigenvalue weighted by Crippen LogP contribution is 2.15. The average Bonchev–Trinajstić information content (AvgIpc) is 2.27. The third-order valence-corrected chi connectivity index (χ3v) is 2.56. The zero-order chi connectivity index (χ0) is 13.3. The fraction of sp³-hybridized carbons (Fsp3) is 0.385. The Morgan fingerprint density at radius 1 is 1.33 bits per heavy atom. The number of nitrogens with zero attached hydrogens (tertiary/aromatic N) is 2. The van der Waals surface area contributed by atoms with Crippen LogP contribution >= 0.6 is 0 Å². The van der Waals surface area contributed by atoms with Crippen LogP contribution in [-0.4, -0.2) is 16.8 Å². The largest absolute Gasteiger partial charge is 0.310 e. The first kappa shape index (κ1) is 12.4. The lowest BCUT2D eigenvalue weighted by Gasteiger charge is -2.17. The number of hydrogen-bond donors (Lipinski definition) is 1. The lowest BCUT2D eigenvalue weighted by atomic mass is 9.96. The maximum atomic E-state index is 11.8. The third-order valence-electron chi connectivity index (χ3n) is 2.56. The quantitative estimate of drug-likeness (QED) is 0.778. The van der Waals surface area contributed by atoms with E-state index >= 15 is 0 Å². The third kappa shape index (κ3) is 2.61. The second-order valence-electron chi connectivity index (χ2n) is 5.23. The normalized spacial score (nSPS) is 14.3. The van der Waals surface area contributed by atoms with Crippen molar-refractivity contribution in [2.24, 2.45) is 10.4 Å². The van der Waals surface area contributed by atoms with Crippen LogP contribution < -0.4 is 16.0 Å². The summed E-state index contributed by atoms with van der Waals surface area (Å²) >= 11 is 0. The topological polar surface area (TPSA) is 71.4 Å². The van der Waals surface area contributed by atoms with Gasteiger partial charge in [-0.2, -0.15) is 4.99 Å². The first-order valence-corrected chi connectivity index (χ1v) is 5.76. The van der Waals surface area contributed by atoms with Crippen LogP contribution in [0.4, 0.5) is 5.82 Å². The Morgan fingerprint density at radius 3 is 2.72 bits per heavy atom. The molecule has 2 heterocycles. The minimum absolute atomic E-state index is 0.124. The van der Waals surface area contributed by atoms with E-state index in [1.54, 1.807) is 18.2 Å². The molecule has 1 aliphatic rings. The first-order chi connectivity index (χ1) is 8.36. The summed E-state index contributed by atoms with van der Waals surface area (Å²) in [5.74, 6) is 0.0795. The van der Waals surface area contributed by atoms with Gasteiger partial charge < -0.3 is 5.32 Å². The minimum atomic E-state index is -0.489. The first-order valence-electron chi connectivity index (χ1n) is 5.76. The van der Waals surface area contributed by atoms with Crippen molar-refractivity contribution in [3.63, 3.8) is 0 Å². The summed E-state index contributed by atoms with van der Waals surface area (Å²) in [6, 6.07) is 3.51. The van der Waals surface area contributed by atoms with E-state index < -0.39 is 5.41 Å². The molecule has 5 nitrogen and oxygen atoms in total. The van der Waals surface area contributed by atoms with Crippen molar-refractivity contribution >= 4 is 23.7 Å². The molecule has 0 spiro atoms. The van der Waals surface area contributed by atoms with Crippen molar-refractivity contribution < 1.29 is 9.59 Å². The van der Waals surface area contributed by atoms with Gasteiger partial charge in [0, 0.05) is 17.1 Å². The molecule has 94 valence electrons. The predicted molar refractivity (Wildman–Crippen MR) is 67.2 cm³/mol. The Morgan fingerprint density at radius 2 is 2.06 bits per heavy atom. The monoisotopic (exact) mass is 245 g/mol. The fourth-order valence-electron chi connectivity index (χ4n) is 1.44. The van der Waals surface area contributed by atoms with Gasteiger partial charge in [-0.1, -0.05) is 26.8 Å². The second-order valence-corrected chi connectivity index (χ2v) is 5.23. The molecular weight excluding hydrogens is 230 g/mol. The van der Waals surface area contributed by atoms with Crippen molar-refractivity contribution in [1.29, 1.82) is 0 Å². The van der Waals surface area contributed by atoms with Gasteiger partial charge in [-0.05, 0) is 12.1 Å². The van der Waals surface area contributed by atoms with Crippen molar-refractivity contribution in [3.05, 3.63) is 22.8 Å². The highest BCUT2D eigenvalue weighted by atomic mass is 16.2. The van der Waals surface area contributed by atoms with E-state index in [2.05, 4.69) is 15.3 Å². The van der Waals surface area contributed by atoms with E-state index in [0.717, 1.165) is 5.22 Å². The molecule has 0 bridgehead atoms.